The molecule has 0 bridgehead atoms. The second-order valence-corrected chi connectivity index (χ2v) is 8.60. The van der Waals surface area contributed by atoms with Gasteiger partial charge < -0.3 is 19.4 Å². The van der Waals surface area contributed by atoms with Gasteiger partial charge in [-0.15, -0.1) is 0 Å². The number of amides is 1. The molecule has 0 unspecified atom stereocenters. The van der Waals surface area contributed by atoms with E-state index in [2.05, 4.69) is 21.8 Å². The highest BCUT2D eigenvalue weighted by molar-refractivity contribution is 7.99. The lowest BCUT2D eigenvalue weighted by molar-refractivity contribution is -0.129. The number of benzene rings is 1. The number of rotatable bonds is 10. The molecule has 1 aliphatic rings. The van der Waals surface area contributed by atoms with Gasteiger partial charge in [0.2, 0.25) is 12.7 Å². The van der Waals surface area contributed by atoms with E-state index in [4.69, 9.17) is 19.7 Å². The minimum absolute atomic E-state index is 0.249. The number of hydroxylamine groups is 1. The Kier molecular flexibility index (Phi) is 7.01. The summed E-state index contributed by atoms with van der Waals surface area (Å²) in [7, 11) is 1.85. The van der Waals surface area contributed by atoms with Gasteiger partial charge in [-0.05, 0) is 43.5 Å². The summed E-state index contributed by atoms with van der Waals surface area (Å²) in [5, 5.41) is 12.6. The van der Waals surface area contributed by atoms with Crippen LogP contribution in [0.25, 0.3) is 11.0 Å². The van der Waals surface area contributed by atoms with Crippen molar-refractivity contribution in [3.63, 3.8) is 0 Å². The molecule has 170 valence electrons. The van der Waals surface area contributed by atoms with Gasteiger partial charge in [0.25, 0.3) is 0 Å². The average Bonchev–Trinajstić information content (AvgIpc) is 3.39. The number of carbonyl (C=O) groups excluding carboxylic acids is 1. The maximum atomic E-state index is 11.1. The number of nitrogens with one attached hydrogen (secondary N) is 2. The van der Waals surface area contributed by atoms with Crippen LogP contribution in [0, 0.1) is 6.92 Å². The van der Waals surface area contributed by atoms with Crippen molar-refractivity contribution in [3.05, 3.63) is 30.0 Å². The minimum Gasteiger partial charge on any atom is -0.454 e. The molecule has 1 aromatic carbocycles. The maximum Gasteiger partial charge on any atom is 0.243 e. The molecule has 0 fully saturated rings. The maximum absolute atomic E-state index is 11.1. The van der Waals surface area contributed by atoms with Crippen molar-refractivity contribution in [2.45, 2.75) is 55.6 Å². The van der Waals surface area contributed by atoms with Gasteiger partial charge in [0.15, 0.2) is 22.5 Å². The second-order valence-electron chi connectivity index (χ2n) is 7.60. The lowest BCUT2D eigenvalue weighted by atomic mass is 10.1. The number of carbonyl (C=O) groups is 1. The van der Waals surface area contributed by atoms with Crippen LogP contribution >= 0.6 is 11.8 Å². The number of aryl methyl sites for hydroxylation is 2. The fraction of sp³-hybridized carbons (Fsp3) is 0.409. The van der Waals surface area contributed by atoms with Gasteiger partial charge in [-0.25, -0.2) is 15.4 Å². The monoisotopic (exact) mass is 457 g/mol. The Hall–Kier alpha value is -2.98. The van der Waals surface area contributed by atoms with E-state index in [0.717, 1.165) is 76.2 Å². The predicted octanol–water partition coefficient (Wildman–Crippen LogP) is 4.12. The van der Waals surface area contributed by atoms with E-state index in [9.17, 15) is 4.79 Å². The van der Waals surface area contributed by atoms with Gasteiger partial charge in [0.05, 0.1) is 5.52 Å². The average molecular weight is 458 g/mol. The number of imidazole rings is 1. The smallest absolute Gasteiger partial charge is 0.243 e. The summed E-state index contributed by atoms with van der Waals surface area (Å²) in [5.41, 5.74) is 4.66. The molecule has 3 N–H and O–H groups in total. The molecule has 1 aliphatic heterocycles. The first-order valence-electron chi connectivity index (χ1n) is 10.6. The first kappa shape index (κ1) is 22.2. The van der Waals surface area contributed by atoms with E-state index in [1.165, 1.54) is 0 Å². The molecule has 0 aliphatic carbocycles. The summed E-state index contributed by atoms with van der Waals surface area (Å²) >= 11 is 1.61. The van der Waals surface area contributed by atoms with Gasteiger partial charge in [0.1, 0.15) is 5.52 Å². The van der Waals surface area contributed by atoms with Crippen molar-refractivity contribution < 1.29 is 19.5 Å². The van der Waals surface area contributed by atoms with Crippen LogP contribution in [0.1, 0.15) is 37.7 Å². The van der Waals surface area contributed by atoms with Crippen LogP contribution in [0.2, 0.25) is 0 Å². The second kappa shape index (κ2) is 10.1. The van der Waals surface area contributed by atoms with Crippen molar-refractivity contribution in [3.8, 4) is 11.5 Å². The van der Waals surface area contributed by atoms with E-state index in [0.29, 0.717) is 6.42 Å². The van der Waals surface area contributed by atoms with E-state index < -0.39 is 0 Å². The topological polar surface area (TPSA) is 111 Å². The summed E-state index contributed by atoms with van der Waals surface area (Å²) in [6.45, 7) is 3.11. The van der Waals surface area contributed by atoms with E-state index in [1.807, 2.05) is 25.2 Å². The fourth-order valence-electron chi connectivity index (χ4n) is 3.71. The zero-order valence-electron chi connectivity index (χ0n) is 18.2. The van der Waals surface area contributed by atoms with Crippen molar-refractivity contribution in [2.24, 2.45) is 0 Å². The van der Waals surface area contributed by atoms with Gasteiger partial charge in [-0.3, -0.25) is 10.0 Å². The van der Waals surface area contributed by atoms with Crippen LogP contribution in [0.5, 0.6) is 11.5 Å². The molecule has 32 heavy (non-hydrogen) atoms. The molecule has 1 amide bonds. The molecule has 2 aromatic heterocycles. The molecular formula is C22H27N5O4S. The van der Waals surface area contributed by atoms with Crippen LogP contribution in [0.3, 0.4) is 0 Å². The Morgan fingerprint density at radius 1 is 1.22 bits per heavy atom. The SMILES string of the molecule is CNc1nccc2c1nc(Sc1cc3c(cc1C)OCO3)n2CCCCCCC(=O)NO. The quantitative estimate of drug-likeness (QED) is 0.237. The highest BCUT2D eigenvalue weighted by atomic mass is 32.2. The highest BCUT2D eigenvalue weighted by Crippen LogP contribution is 2.41. The standard InChI is InChI=1S/C22H27N5O4S/c1-14-11-16-17(31-13-30-16)12-18(14)32-22-25-20-15(8-9-24-21(20)23-2)27(22)10-6-4-3-5-7-19(28)26-29/h8-9,11-12,29H,3-7,10,13H2,1-2H3,(H,23,24)(H,26,28). The van der Waals surface area contributed by atoms with Crippen molar-refractivity contribution in [1.29, 1.82) is 0 Å². The molecule has 9 nitrogen and oxygen atoms in total. The van der Waals surface area contributed by atoms with E-state index in [-0.39, 0.29) is 12.7 Å². The van der Waals surface area contributed by atoms with Crippen LogP contribution in [0.15, 0.2) is 34.4 Å². The molecular weight excluding hydrogens is 430 g/mol. The van der Waals surface area contributed by atoms with Crippen molar-refractivity contribution in [1.82, 2.24) is 20.0 Å². The Morgan fingerprint density at radius 2 is 2.00 bits per heavy atom. The number of aromatic nitrogens is 3. The predicted molar refractivity (Wildman–Crippen MR) is 122 cm³/mol. The van der Waals surface area contributed by atoms with Crippen LogP contribution < -0.4 is 20.3 Å². The number of ether oxygens (including phenoxy) is 2. The number of hydrogen-bond acceptors (Lipinski definition) is 8. The van der Waals surface area contributed by atoms with E-state index in [1.54, 1.807) is 23.4 Å². The highest BCUT2D eigenvalue weighted by Gasteiger charge is 2.20. The number of nitrogens with zero attached hydrogens (tertiary/aromatic N) is 3. The lowest BCUT2D eigenvalue weighted by Gasteiger charge is -2.11. The molecule has 10 heteroatoms. The van der Waals surface area contributed by atoms with Crippen molar-refractivity contribution in [2.75, 3.05) is 19.2 Å². The molecule has 0 radical (unpaired) electrons. The zero-order valence-corrected chi connectivity index (χ0v) is 19.0. The third kappa shape index (κ3) is 4.76. The van der Waals surface area contributed by atoms with Gasteiger partial charge in [0, 0.05) is 31.1 Å². The Bertz CT molecular complexity index is 1120. The summed E-state index contributed by atoms with van der Waals surface area (Å²) in [6, 6.07) is 6.00. The minimum atomic E-state index is -0.338. The third-order valence-electron chi connectivity index (χ3n) is 5.40. The fourth-order valence-corrected chi connectivity index (χ4v) is 4.73. The normalized spacial score (nSPS) is 12.3. The third-order valence-corrected chi connectivity index (χ3v) is 6.55. The Balaban J connectivity index is 1.54. The van der Waals surface area contributed by atoms with Crippen LogP contribution in [-0.4, -0.2) is 39.5 Å². The first-order valence-corrected chi connectivity index (χ1v) is 11.5. The lowest BCUT2D eigenvalue weighted by Crippen LogP contribution is -2.17. The number of unbranched alkanes of at least 4 members (excludes halogenated alkanes) is 3. The molecule has 4 rings (SSSR count). The largest absolute Gasteiger partial charge is 0.454 e. The number of hydrogen-bond donors (Lipinski definition) is 3. The Morgan fingerprint density at radius 3 is 2.78 bits per heavy atom. The zero-order chi connectivity index (χ0) is 22.5. The molecule has 3 heterocycles. The number of pyridine rings is 1. The van der Waals surface area contributed by atoms with Gasteiger partial charge in [-0.2, -0.15) is 0 Å². The summed E-state index contributed by atoms with van der Waals surface area (Å²) in [4.78, 5) is 21.5. The van der Waals surface area contributed by atoms with Gasteiger partial charge >= 0.3 is 0 Å². The molecule has 3 aromatic rings. The summed E-state index contributed by atoms with van der Waals surface area (Å²) < 4.78 is 13.3. The van der Waals surface area contributed by atoms with Crippen LogP contribution in [-0.2, 0) is 11.3 Å². The number of anilines is 1. The number of fused-ring (bicyclic) bond motifs is 2. The molecule has 0 spiro atoms. The molecule has 0 atom stereocenters. The first-order chi connectivity index (χ1) is 15.6. The molecule has 0 saturated carbocycles. The summed E-state index contributed by atoms with van der Waals surface area (Å²) in [5.74, 6) is 1.94. The van der Waals surface area contributed by atoms with Crippen LogP contribution in [0.4, 0.5) is 5.82 Å². The Labute approximate surface area is 190 Å². The van der Waals surface area contributed by atoms with Gasteiger partial charge in [-0.1, -0.05) is 24.6 Å². The molecule has 0 saturated heterocycles. The van der Waals surface area contributed by atoms with E-state index >= 15 is 0 Å². The van der Waals surface area contributed by atoms with Crippen molar-refractivity contribution >= 4 is 34.5 Å². The summed E-state index contributed by atoms with van der Waals surface area (Å²) in [6.07, 6.45) is 5.74.